The molecule has 5 nitrogen and oxygen atoms in total. The third-order valence-corrected chi connectivity index (χ3v) is 3.32. The summed E-state index contributed by atoms with van der Waals surface area (Å²) in [5.74, 6) is 0.122. The Bertz CT molecular complexity index is 442. The summed E-state index contributed by atoms with van der Waals surface area (Å²) in [7, 11) is 0. The van der Waals surface area contributed by atoms with E-state index in [4.69, 9.17) is 5.73 Å². The molecule has 1 heterocycles. The fraction of sp³-hybridized carbons (Fsp3) is 0.538. The lowest BCUT2D eigenvalue weighted by molar-refractivity contribution is 0.0954. The van der Waals surface area contributed by atoms with E-state index in [1.54, 1.807) is 6.92 Å². The van der Waals surface area contributed by atoms with Crippen molar-refractivity contribution in [2.75, 3.05) is 12.3 Å². The first-order valence-electron chi connectivity index (χ1n) is 6.45. The second-order valence-electron chi connectivity index (χ2n) is 4.72. The number of anilines is 1. The minimum atomic E-state index is -0.143. The summed E-state index contributed by atoms with van der Waals surface area (Å²) in [4.78, 5) is 11.9. The van der Waals surface area contributed by atoms with Gasteiger partial charge in [0.25, 0.3) is 5.91 Å². The number of aromatic amines is 1. The minimum Gasteiger partial charge on any atom is -0.382 e. The number of allylic oxidation sites excluding steroid dienone is 1. The first kappa shape index (κ1) is 12.7. The highest BCUT2D eigenvalue weighted by Crippen LogP contribution is 2.19. The first-order chi connectivity index (χ1) is 8.68. The molecule has 1 aromatic rings. The van der Waals surface area contributed by atoms with Crippen LogP contribution in [0.25, 0.3) is 0 Å². The van der Waals surface area contributed by atoms with Crippen LogP contribution in [0.5, 0.6) is 0 Å². The monoisotopic (exact) mass is 248 g/mol. The number of H-pyrrole nitrogens is 1. The van der Waals surface area contributed by atoms with E-state index >= 15 is 0 Å². The van der Waals surface area contributed by atoms with Crippen molar-refractivity contribution in [3.8, 4) is 0 Å². The lowest BCUT2D eigenvalue weighted by atomic mass is 9.97. The zero-order valence-electron chi connectivity index (χ0n) is 10.8. The Morgan fingerprint density at radius 3 is 3.00 bits per heavy atom. The molecule has 0 bridgehead atoms. The van der Waals surface area contributed by atoms with Crippen molar-refractivity contribution in [1.82, 2.24) is 15.5 Å². The van der Waals surface area contributed by atoms with Gasteiger partial charge in [0.15, 0.2) is 5.82 Å². The number of aromatic nitrogens is 2. The molecule has 0 atom stereocenters. The van der Waals surface area contributed by atoms with Gasteiger partial charge in [-0.05, 0) is 39.0 Å². The predicted molar refractivity (Wildman–Crippen MR) is 71.2 cm³/mol. The number of rotatable bonds is 4. The van der Waals surface area contributed by atoms with E-state index < -0.39 is 0 Å². The Balaban J connectivity index is 1.83. The molecule has 2 rings (SSSR count). The average Bonchev–Trinajstić information content (AvgIpc) is 2.70. The van der Waals surface area contributed by atoms with Crippen LogP contribution in [0.1, 0.15) is 48.2 Å². The Hall–Kier alpha value is -1.78. The van der Waals surface area contributed by atoms with Crippen molar-refractivity contribution in [2.45, 2.75) is 39.0 Å². The molecule has 1 amide bonds. The second-order valence-corrected chi connectivity index (χ2v) is 4.72. The van der Waals surface area contributed by atoms with Gasteiger partial charge in [-0.2, -0.15) is 5.10 Å². The molecule has 5 heteroatoms. The second kappa shape index (κ2) is 5.71. The van der Waals surface area contributed by atoms with Gasteiger partial charge in [0.2, 0.25) is 0 Å². The molecule has 18 heavy (non-hydrogen) atoms. The normalized spacial score (nSPS) is 15.3. The molecular formula is C13H20N4O. The van der Waals surface area contributed by atoms with E-state index in [0.29, 0.717) is 17.8 Å². The minimum absolute atomic E-state index is 0.143. The molecule has 0 radical (unpaired) electrons. The van der Waals surface area contributed by atoms with Gasteiger partial charge in [-0.25, -0.2) is 0 Å². The summed E-state index contributed by atoms with van der Waals surface area (Å²) >= 11 is 0. The topological polar surface area (TPSA) is 83.8 Å². The predicted octanol–water partition coefficient (Wildman–Crippen LogP) is 1.92. The number of nitrogens with one attached hydrogen (secondary N) is 2. The van der Waals surface area contributed by atoms with Crippen LogP contribution >= 0.6 is 0 Å². The highest BCUT2D eigenvalue weighted by Gasteiger charge is 2.15. The summed E-state index contributed by atoms with van der Waals surface area (Å²) < 4.78 is 0. The Morgan fingerprint density at radius 1 is 1.56 bits per heavy atom. The molecule has 0 unspecified atom stereocenters. The van der Waals surface area contributed by atoms with Crippen molar-refractivity contribution in [1.29, 1.82) is 0 Å². The number of nitrogen functional groups attached to an aromatic ring is 1. The Kier molecular flexibility index (Phi) is 4.02. The summed E-state index contributed by atoms with van der Waals surface area (Å²) in [6.45, 7) is 2.46. The zero-order chi connectivity index (χ0) is 13.0. The number of carbonyl (C=O) groups excluding carboxylic acids is 1. The average molecular weight is 248 g/mol. The molecule has 0 spiro atoms. The SMILES string of the molecule is Cc1[nH]nc(N)c1C(=O)NCCC1=CCCCC1. The Morgan fingerprint density at radius 2 is 2.39 bits per heavy atom. The molecule has 4 N–H and O–H groups in total. The van der Waals surface area contributed by atoms with Crippen LogP contribution in [0.4, 0.5) is 5.82 Å². The van der Waals surface area contributed by atoms with Crippen molar-refractivity contribution < 1.29 is 4.79 Å². The number of carbonyl (C=O) groups is 1. The maximum absolute atomic E-state index is 11.9. The molecule has 1 aliphatic rings. The fourth-order valence-electron chi connectivity index (χ4n) is 2.29. The van der Waals surface area contributed by atoms with Gasteiger partial charge in [-0.15, -0.1) is 0 Å². The number of aryl methyl sites for hydroxylation is 1. The number of amides is 1. The lowest BCUT2D eigenvalue weighted by Gasteiger charge is -2.12. The summed E-state index contributed by atoms with van der Waals surface area (Å²) in [5.41, 5.74) is 8.27. The fourth-order valence-corrected chi connectivity index (χ4v) is 2.29. The molecule has 0 saturated heterocycles. The largest absolute Gasteiger partial charge is 0.382 e. The van der Waals surface area contributed by atoms with Crippen LogP contribution in [-0.4, -0.2) is 22.6 Å². The van der Waals surface area contributed by atoms with Crippen LogP contribution in [0.2, 0.25) is 0 Å². The van der Waals surface area contributed by atoms with Gasteiger partial charge >= 0.3 is 0 Å². The maximum atomic E-state index is 11.9. The summed E-state index contributed by atoms with van der Waals surface area (Å²) in [6.07, 6.45) is 8.14. The third-order valence-electron chi connectivity index (χ3n) is 3.32. The number of hydrogen-bond donors (Lipinski definition) is 3. The zero-order valence-corrected chi connectivity index (χ0v) is 10.8. The van der Waals surface area contributed by atoms with Gasteiger partial charge in [0.1, 0.15) is 5.56 Å². The van der Waals surface area contributed by atoms with Crippen molar-refractivity contribution >= 4 is 11.7 Å². The van der Waals surface area contributed by atoms with Gasteiger partial charge in [-0.3, -0.25) is 9.89 Å². The molecule has 0 aromatic carbocycles. The molecule has 1 aliphatic carbocycles. The van der Waals surface area contributed by atoms with E-state index in [1.165, 1.54) is 31.3 Å². The van der Waals surface area contributed by atoms with E-state index in [0.717, 1.165) is 6.42 Å². The quantitative estimate of drug-likeness (QED) is 0.712. The van der Waals surface area contributed by atoms with Crippen molar-refractivity contribution in [3.05, 3.63) is 22.9 Å². The van der Waals surface area contributed by atoms with E-state index in [2.05, 4.69) is 21.6 Å². The van der Waals surface area contributed by atoms with E-state index in [9.17, 15) is 4.79 Å². The standard InChI is InChI=1S/C13H20N4O/c1-9-11(12(14)17-16-9)13(18)15-8-7-10-5-3-2-4-6-10/h5H,2-4,6-8H2,1H3,(H,15,18)(H3,14,16,17). The van der Waals surface area contributed by atoms with Crippen LogP contribution in [-0.2, 0) is 0 Å². The smallest absolute Gasteiger partial charge is 0.256 e. The summed E-state index contributed by atoms with van der Waals surface area (Å²) in [6, 6.07) is 0. The van der Waals surface area contributed by atoms with Crippen molar-refractivity contribution in [2.24, 2.45) is 0 Å². The number of nitrogens with zero attached hydrogens (tertiary/aromatic N) is 1. The van der Waals surface area contributed by atoms with Crippen LogP contribution in [0.15, 0.2) is 11.6 Å². The van der Waals surface area contributed by atoms with Crippen LogP contribution in [0.3, 0.4) is 0 Å². The van der Waals surface area contributed by atoms with Crippen molar-refractivity contribution in [3.63, 3.8) is 0 Å². The van der Waals surface area contributed by atoms with Gasteiger partial charge in [-0.1, -0.05) is 11.6 Å². The van der Waals surface area contributed by atoms with E-state index in [1.807, 2.05) is 0 Å². The molecule has 1 aromatic heterocycles. The van der Waals surface area contributed by atoms with Gasteiger partial charge < -0.3 is 11.1 Å². The van der Waals surface area contributed by atoms with Crippen LogP contribution < -0.4 is 11.1 Å². The van der Waals surface area contributed by atoms with Crippen LogP contribution in [0, 0.1) is 6.92 Å². The number of nitrogens with two attached hydrogens (primary N) is 1. The first-order valence-corrected chi connectivity index (χ1v) is 6.45. The van der Waals surface area contributed by atoms with Gasteiger partial charge in [0, 0.05) is 12.2 Å². The highest BCUT2D eigenvalue weighted by molar-refractivity contribution is 5.99. The molecular weight excluding hydrogens is 228 g/mol. The summed E-state index contributed by atoms with van der Waals surface area (Å²) in [5, 5.41) is 9.42. The molecule has 0 fully saturated rings. The number of hydrogen-bond acceptors (Lipinski definition) is 3. The molecule has 98 valence electrons. The molecule has 0 saturated carbocycles. The maximum Gasteiger partial charge on any atom is 0.256 e. The van der Waals surface area contributed by atoms with E-state index in [-0.39, 0.29) is 11.7 Å². The lowest BCUT2D eigenvalue weighted by Crippen LogP contribution is -2.26. The highest BCUT2D eigenvalue weighted by atomic mass is 16.1. The van der Waals surface area contributed by atoms with Gasteiger partial charge in [0.05, 0.1) is 0 Å². The third kappa shape index (κ3) is 2.91. The Labute approximate surface area is 107 Å². The molecule has 0 aliphatic heterocycles.